The van der Waals surface area contributed by atoms with Crippen LogP contribution in [0.3, 0.4) is 0 Å². The van der Waals surface area contributed by atoms with Crippen LogP contribution in [0.5, 0.6) is 0 Å². The van der Waals surface area contributed by atoms with E-state index in [1.54, 1.807) is 0 Å². The lowest BCUT2D eigenvalue weighted by molar-refractivity contribution is -0.132. The highest BCUT2D eigenvalue weighted by molar-refractivity contribution is 5.85. The SMILES string of the molecule is C=C(CCCCCCc1ccccc1)C(=O)O. The summed E-state index contributed by atoms with van der Waals surface area (Å²) in [5.41, 5.74) is 1.70. The van der Waals surface area contributed by atoms with Crippen LogP contribution in [0.15, 0.2) is 42.5 Å². The van der Waals surface area contributed by atoms with E-state index in [1.165, 1.54) is 12.0 Å². The first-order valence-electron chi connectivity index (χ1n) is 6.15. The van der Waals surface area contributed by atoms with E-state index in [2.05, 4.69) is 30.8 Å². The summed E-state index contributed by atoms with van der Waals surface area (Å²) in [6.45, 7) is 3.52. The van der Waals surface area contributed by atoms with Crippen molar-refractivity contribution in [3.63, 3.8) is 0 Å². The second-order valence-corrected chi connectivity index (χ2v) is 4.31. The maximum Gasteiger partial charge on any atom is 0.330 e. The van der Waals surface area contributed by atoms with Gasteiger partial charge in [-0.05, 0) is 31.2 Å². The van der Waals surface area contributed by atoms with Gasteiger partial charge < -0.3 is 5.11 Å². The van der Waals surface area contributed by atoms with Crippen LogP contribution in [-0.4, -0.2) is 11.1 Å². The zero-order valence-electron chi connectivity index (χ0n) is 10.2. The van der Waals surface area contributed by atoms with Crippen molar-refractivity contribution in [2.24, 2.45) is 0 Å². The average Bonchev–Trinajstić information content (AvgIpc) is 2.34. The summed E-state index contributed by atoms with van der Waals surface area (Å²) in [5, 5.41) is 8.63. The summed E-state index contributed by atoms with van der Waals surface area (Å²) in [7, 11) is 0. The quantitative estimate of drug-likeness (QED) is 0.546. The number of rotatable bonds is 8. The van der Waals surface area contributed by atoms with Crippen LogP contribution in [0.25, 0.3) is 0 Å². The van der Waals surface area contributed by atoms with Crippen LogP contribution in [0, 0.1) is 0 Å². The molecule has 0 fully saturated rings. The molecule has 17 heavy (non-hydrogen) atoms. The second kappa shape index (κ2) is 7.66. The van der Waals surface area contributed by atoms with Crippen molar-refractivity contribution >= 4 is 5.97 Å². The Balaban J connectivity index is 2.02. The van der Waals surface area contributed by atoms with E-state index >= 15 is 0 Å². The number of aryl methyl sites for hydroxylation is 1. The molecule has 92 valence electrons. The Hall–Kier alpha value is -1.57. The molecule has 0 heterocycles. The summed E-state index contributed by atoms with van der Waals surface area (Å²) in [4.78, 5) is 10.5. The second-order valence-electron chi connectivity index (χ2n) is 4.31. The molecule has 1 aromatic rings. The normalized spacial score (nSPS) is 10.1. The van der Waals surface area contributed by atoms with Crippen LogP contribution in [0.1, 0.15) is 37.7 Å². The molecular formula is C15H20O2. The van der Waals surface area contributed by atoms with Crippen molar-refractivity contribution in [3.05, 3.63) is 48.0 Å². The first-order valence-corrected chi connectivity index (χ1v) is 6.15. The van der Waals surface area contributed by atoms with Crippen molar-refractivity contribution < 1.29 is 9.90 Å². The lowest BCUT2D eigenvalue weighted by Gasteiger charge is -2.02. The number of unbranched alkanes of at least 4 members (excludes halogenated alkanes) is 3. The minimum absolute atomic E-state index is 0.327. The predicted molar refractivity (Wildman–Crippen MR) is 70.0 cm³/mol. The largest absolute Gasteiger partial charge is 0.478 e. The molecule has 1 aromatic carbocycles. The number of carboxylic acid groups (broad SMARTS) is 1. The monoisotopic (exact) mass is 232 g/mol. The van der Waals surface area contributed by atoms with Crippen LogP contribution in [0.2, 0.25) is 0 Å². The van der Waals surface area contributed by atoms with E-state index in [-0.39, 0.29) is 0 Å². The summed E-state index contributed by atoms with van der Waals surface area (Å²) in [5.74, 6) is -0.866. The van der Waals surface area contributed by atoms with Crippen molar-refractivity contribution in [2.75, 3.05) is 0 Å². The predicted octanol–water partition coefficient (Wildman–Crippen LogP) is 3.82. The van der Waals surface area contributed by atoms with E-state index in [1.807, 2.05) is 6.07 Å². The molecule has 0 bridgehead atoms. The van der Waals surface area contributed by atoms with E-state index in [4.69, 9.17) is 5.11 Å². The summed E-state index contributed by atoms with van der Waals surface area (Å²) >= 11 is 0. The van der Waals surface area contributed by atoms with Gasteiger partial charge >= 0.3 is 5.97 Å². The number of aliphatic carboxylic acids is 1. The minimum Gasteiger partial charge on any atom is -0.478 e. The van der Waals surface area contributed by atoms with Crippen molar-refractivity contribution in [3.8, 4) is 0 Å². The molecule has 0 amide bonds. The molecule has 0 spiro atoms. The fraction of sp³-hybridized carbons (Fsp3) is 0.400. The molecule has 0 radical (unpaired) electrons. The number of carboxylic acids is 1. The average molecular weight is 232 g/mol. The van der Waals surface area contributed by atoms with E-state index < -0.39 is 5.97 Å². The number of benzene rings is 1. The number of carbonyl (C=O) groups is 1. The van der Waals surface area contributed by atoms with Crippen LogP contribution in [0.4, 0.5) is 0 Å². The van der Waals surface area contributed by atoms with Gasteiger partial charge in [-0.3, -0.25) is 0 Å². The van der Waals surface area contributed by atoms with Gasteiger partial charge in [0, 0.05) is 5.57 Å². The van der Waals surface area contributed by atoms with Crippen LogP contribution < -0.4 is 0 Å². The third-order valence-electron chi connectivity index (χ3n) is 2.84. The molecular weight excluding hydrogens is 212 g/mol. The van der Waals surface area contributed by atoms with Gasteiger partial charge in [-0.15, -0.1) is 0 Å². The van der Waals surface area contributed by atoms with Gasteiger partial charge in [-0.2, -0.15) is 0 Å². The van der Waals surface area contributed by atoms with Gasteiger partial charge in [-0.25, -0.2) is 4.79 Å². The van der Waals surface area contributed by atoms with Gasteiger partial charge in [0.25, 0.3) is 0 Å². The van der Waals surface area contributed by atoms with Crippen molar-refractivity contribution in [2.45, 2.75) is 38.5 Å². The van der Waals surface area contributed by atoms with Crippen LogP contribution >= 0.6 is 0 Å². The van der Waals surface area contributed by atoms with Gasteiger partial charge in [0.1, 0.15) is 0 Å². The molecule has 0 aliphatic rings. The fourth-order valence-electron chi connectivity index (χ4n) is 1.77. The van der Waals surface area contributed by atoms with E-state index in [0.717, 1.165) is 25.7 Å². The Morgan fingerprint density at radius 1 is 1.06 bits per heavy atom. The number of hydrogen-bond donors (Lipinski definition) is 1. The Morgan fingerprint density at radius 2 is 1.71 bits per heavy atom. The molecule has 2 heteroatoms. The first-order chi connectivity index (χ1) is 8.20. The first kappa shape index (κ1) is 13.5. The van der Waals surface area contributed by atoms with Gasteiger partial charge in [0.15, 0.2) is 0 Å². The number of hydrogen-bond acceptors (Lipinski definition) is 1. The molecule has 2 nitrogen and oxygen atoms in total. The van der Waals surface area contributed by atoms with Crippen molar-refractivity contribution in [1.29, 1.82) is 0 Å². The van der Waals surface area contributed by atoms with Gasteiger partial charge in [0.05, 0.1) is 0 Å². The van der Waals surface area contributed by atoms with Gasteiger partial charge in [0.2, 0.25) is 0 Å². The highest BCUT2D eigenvalue weighted by Crippen LogP contribution is 2.11. The third kappa shape index (κ3) is 5.91. The van der Waals surface area contributed by atoms with E-state index in [9.17, 15) is 4.79 Å². The minimum atomic E-state index is -0.866. The molecule has 0 saturated heterocycles. The highest BCUT2D eigenvalue weighted by Gasteiger charge is 2.02. The fourth-order valence-corrected chi connectivity index (χ4v) is 1.77. The molecule has 0 aliphatic heterocycles. The molecule has 0 saturated carbocycles. The smallest absolute Gasteiger partial charge is 0.330 e. The Kier molecular flexibility index (Phi) is 6.08. The topological polar surface area (TPSA) is 37.3 Å². The van der Waals surface area contributed by atoms with Crippen molar-refractivity contribution in [1.82, 2.24) is 0 Å². The standard InChI is InChI=1S/C15H20O2/c1-13(15(16)17)9-5-2-3-6-10-14-11-7-4-8-12-14/h4,7-8,11-12H,1-3,5-6,9-10H2,(H,16,17). The maximum absolute atomic E-state index is 10.5. The molecule has 1 rings (SSSR count). The summed E-state index contributed by atoms with van der Waals surface area (Å²) in [6.07, 6.45) is 6.06. The molecule has 0 aromatic heterocycles. The Morgan fingerprint density at radius 3 is 2.35 bits per heavy atom. The lowest BCUT2D eigenvalue weighted by Crippen LogP contribution is -1.98. The maximum atomic E-state index is 10.5. The molecule has 1 N–H and O–H groups in total. The molecule has 0 atom stereocenters. The summed E-state index contributed by atoms with van der Waals surface area (Å²) in [6, 6.07) is 10.4. The van der Waals surface area contributed by atoms with Gasteiger partial charge in [-0.1, -0.05) is 49.8 Å². The van der Waals surface area contributed by atoms with Crippen LogP contribution in [-0.2, 0) is 11.2 Å². The lowest BCUT2D eigenvalue weighted by atomic mass is 10.0. The highest BCUT2D eigenvalue weighted by atomic mass is 16.4. The Labute approximate surface area is 103 Å². The zero-order chi connectivity index (χ0) is 12.5. The molecule has 0 unspecified atom stereocenters. The zero-order valence-corrected chi connectivity index (χ0v) is 10.2. The Bertz CT molecular complexity index is 354. The molecule has 0 aliphatic carbocycles. The third-order valence-corrected chi connectivity index (χ3v) is 2.84. The van der Waals surface area contributed by atoms with E-state index in [0.29, 0.717) is 12.0 Å². The summed E-state index contributed by atoms with van der Waals surface area (Å²) < 4.78 is 0.